The number of nitrogens with one attached hydrogen (secondary N) is 1. The van der Waals surface area contributed by atoms with Crippen LogP contribution in [0.1, 0.15) is 23.4 Å². The van der Waals surface area contributed by atoms with E-state index in [1.165, 1.54) is 0 Å². The van der Waals surface area contributed by atoms with Crippen molar-refractivity contribution in [3.63, 3.8) is 0 Å². The molecule has 1 aliphatic heterocycles. The number of nitrogens with zero attached hydrogens (tertiary/aromatic N) is 3. The Balaban J connectivity index is 1.57. The number of aryl methyl sites for hydroxylation is 2. The second-order valence-electron chi connectivity index (χ2n) is 5.69. The number of carbonyl (C=O) groups is 1. The second kappa shape index (κ2) is 6.17. The molecule has 6 nitrogen and oxygen atoms in total. The molecule has 1 saturated heterocycles. The standard InChI is InChI=1S/C16H20N4O2/c1-11-15(12(2)22-19-11)8-16(21)20-7-5-14(10-20)18-13-4-3-6-17-9-13/h3-4,6,9,14,18H,5,7-8,10H2,1-2H3/t14-/m1/s1. The van der Waals surface area contributed by atoms with Crippen LogP contribution in [-0.4, -0.2) is 40.1 Å². The average molecular weight is 300 g/mol. The maximum Gasteiger partial charge on any atom is 0.227 e. The van der Waals surface area contributed by atoms with E-state index in [0.29, 0.717) is 6.42 Å². The maximum atomic E-state index is 12.4. The van der Waals surface area contributed by atoms with E-state index in [4.69, 9.17) is 4.52 Å². The zero-order valence-electron chi connectivity index (χ0n) is 12.9. The van der Waals surface area contributed by atoms with E-state index in [1.807, 2.05) is 30.9 Å². The van der Waals surface area contributed by atoms with E-state index in [2.05, 4.69) is 15.5 Å². The van der Waals surface area contributed by atoms with Gasteiger partial charge in [0, 0.05) is 37.1 Å². The molecule has 3 heterocycles. The lowest BCUT2D eigenvalue weighted by atomic mass is 10.1. The third-order valence-electron chi connectivity index (χ3n) is 4.08. The molecule has 0 radical (unpaired) electrons. The Kier molecular flexibility index (Phi) is 4.09. The van der Waals surface area contributed by atoms with Gasteiger partial charge in [0.25, 0.3) is 0 Å². The minimum Gasteiger partial charge on any atom is -0.379 e. The third-order valence-corrected chi connectivity index (χ3v) is 4.08. The van der Waals surface area contributed by atoms with Crippen LogP contribution < -0.4 is 5.32 Å². The zero-order valence-corrected chi connectivity index (χ0v) is 12.9. The van der Waals surface area contributed by atoms with Crippen molar-refractivity contribution < 1.29 is 9.32 Å². The number of anilines is 1. The number of hydrogen-bond donors (Lipinski definition) is 1. The van der Waals surface area contributed by atoms with Crippen molar-refractivity contribution in [2.75, 3.05) is 18.4 Å². The number of aromatic nitrogens is 2. The molecule has 0 bridgehead atoms. The first-order chi connectivity index (χ1) is 10.6. The van der Waals surface area contributed by atoms with Gasteiger partial charge in [0.1, 0.15) is 5.76 Å². The molecule has 3 rings (SSSR count). The number of rotatable bonds is 4. The Labute approximate surface area is 129 Å². The summed E-state index contributed by atoms with van der Waals surface area (Å²) in [6.07, 6.45) is 4.86. The molecule has 1 amide bonds. The lowest BCUT2D eigenvalue weighted by molar-refractivity contribution is -0.129. The summed E-state index contributed by atoms with van der Waals surface area (Å²) in [7, 11) is 0. The first kappa shape index (κ1) is 14.6. The number of carbonyl (C=O) groups excluding carboxylic acids is 1. The van der Waals surface area contributed by atoms with Gasteiger partial charge in [-0.25, -0.2) is 0 Å². The van der Waals surface area contributed by atoms with Gasteiger partial charge in [0.2, 0.25) is 5.91 Å². The van der Waals surface area contributed by atoms with Crippen molar-refractivity contribution >= 4 is 11.6 Å². The molecule has 2 aromatic heterocycles. The molecule has 0 aromatic carbocycles. The summed E-state index contributed by atoms with van der Waals surface area (Å²) >= 11 is 0. The number of likely N-dealkylation sites (tertiary alicyclic amines) is 1. The summed E-state index contributed by atoms with van der Waals surface area (Å²) in [6.45, 7) is 5.21. The minimum absolute atomic E-state index is 0.130. The van der Waals surface area contributed by atoms with E-state index in [9.17, 15) is 4.79 Å². The molecule has 0 spiro atoms. The van der Waals surface area contributed by atoms with Crippen LogP contribution in [0.3, 0.4) is 0 Å². The van der Waals surface area contributed by atoms with Crippen LogP contribution in [-0.2, 0) is 11.2 Å². The van der Waals surface area contributed by atoms with E-state index >= 15 is 0 Å². The van der Waals surface area contributed by atoms with Gasteiger partial charge in [0.05, 0.1) is 17.8 Å². The van der Waals surface area contributed by atoms with Crippen LogP contribution in [0.4, 0.5) is 5.69 Å². The van der Waals surface area contributed by atoms with Crippen LogP contribution in [0.5, 0.6) is 0 Å². The minimum atomic E-state index is 0.130. The molecule has 116 valence electrons. The molecule has 1 fully saturated rings. The van der Waals surface area contributed by atoms with Gasteiger partial charge in [-0.3, -0.25) is 9.78 Å². The zero-order chi connectivity index (χ0) is 15.5. The maximum absolute atomic E-state index is 12.4. The summed E-state index contributed by atoms with van der Waals surface area (Å²) in [5.41, 5.74) is 2.70. The average Bonchev–Trinajstić information content (AvgIpc) is 3.10. The predicted molar refractivity (Wildman–Crippen MR) is 82.5 cm³/mol. The topological polar surface area (TPSA) is 71.3 Å². The second-order valence-corrected chi connectivity index (χ2v) is 5.69. The Morgan fingerprint density at radius 3 is 3.05 bits per heavy atom. The van der Waals surface area contributed by atoms with E-state index < -0.39 is 0 Å². The van der Waals surface area contributed by atoms with Crippen LogP contribution >= 0.6 is 0 Å². The Morgan fingerprint density at radius 1 is 1.50 bits per heavy atom. The van der Waals surface area contributed by atoms with Crippen molar-refractivity contribution in [3.8, 4) is 0 Å². The predicted octanol–water partition coefficient (Wildman–Crippen LogP) is 1.94. The van der Waals surface area contributed by atoms with Crippen molar-refractivity contribution in [2.24, 2.45) is 0 Å². The quantitative estimate of drug-likeness (QED) is 0.934. The molecule has 0 aliphatic carbocycles. The van der Waals surface area contributed by atoms with Gasteiger partial charge in [-0.15, -0.1) is 0 Å². The van der Waals surface area contributed by atoms with Crippen LogP contribution in [0.25, 0.3) is 0 Å². The van der Waals surface area contributed by atoms with Gasteiger partial charge in [-0.1, -0.05) is 5.16 Å². The van der Waals surface area contributed by atoms with Crippen molar-refractivity contribution in [1.82, 2.24) is 15.0 Å². The summed E-state index contributed by atoms with van der Waals surface area (Å²) in [5.74, 6) is 0.861. The smallest absolute Gasteiger partial charge is 0.227 e. The van der Waals surface area contributed by atoms with Gasteiger partial charge >= 0.3 is 0 Å². The molecule has 1 N–H and O–H groups in total. The fourth-order valence-corrected chi connectivity index (χ4v) is 2.81. The van der Waals surface area contributed by atoms with Gasteiger partial charge < -0.3 is 14.7 Å². The highest BCUT2D eigenvalue weighted by Gasteiger charge is 2.27. The molecule has 0 saturated carbocycles. The van der Waals surface area contributed by atoms with Crippen LogP contribution in [0.2, 0.25) is 0 Å². The lowest BCUT2D eigenvalue weighted by Gasteiger charge is -2.17. The summed E-state index contributed by atoms with van der Waals surface area (Å²) in [4.78, 5) is 18.4. The number of amides is 1. The normalized spacial score (nSPS) is 17.7. The Morgan fingerprint density at radius 2 is 2.36 bits per heavy atom. The van der Waals surface area contributed by atoms with Gasteiger partial charge in [-0.2, -0.15) is 0 Å². The largest absolute Gasteiger partial charge is 0.379 e. The molecular formula is C16H20N4O2. The highest BCUT2D eigenvalue weighted by atomic mass is 16.5. The molecule has 0 unspecified atom stereocenters. The first-order valence-electron chi connectivity index (χ1n) is 7.49. The number of pyridine rings is 1. The molecule has 1 aliphatic rings. The van der Waals surface area contributed by atoms with Gasteiger partial charge in [0.15, 0.2) is 0 Å². The molecule has 1 atom stereocenters. The van der Waals surface area contributed by atoms with E-state index in [1.54, 1.807) is 12.4 Å². The Hall–Kier alpha value is -2.37. The van der Waals surface area contributed by atoms with Crippen molar-refractivity contribution in [1.29, 1.82) is 0 Å². The van der Waals surface area contributed by atoms with Crippen molar-refractivity contribution in [3.05, 3.63) is 41.5 Å². The molecule has 22 heavy (non-hydrogen) atoms. The van der Waals surface area contributed by atoms with Crippen molar-refractivity contribution in [2.45, 2.75) is 32.7 Å². The fourth-order valence-electron chi connectivity index (χ4n) is 2.81. The summed E-state index contributed by atoms with van der Waals surface area (Å²) in [6, 6.07) is 4.16. The highest BCUT2D eigenvalue weighted by Crippen LogP contribution is 2.18. The summed E-state index contributed by atoms with van der Waals surface area (Å²) in [5, 5.41) is 7.32. The molecular weight excluding hydrogens is 280 g/mol. The molecule has 6 heteroatoms. The molecule has 2 aromatic rings. The van der Waals surface area contributed by atoms with Crippen LogP contribution in [0.15, 0.2) is 29.0 Å². The Bertz CT molecular complexity index is 634. The highest BCUT2D eigenvalue weighted by molar-refractivity contribution is 5.79. The lowest BCUT2D eigenvalue weighted by Crippen LogP contribution is -2.32. The van der Waals surface area contributed by atoms with E-state index in [-0.39, 0.29) is 11.9 Å². The van der Waals surface area contributed by atoms with E-state index in [0.717, 1.165) is 42.2 Å². The summed E-state index contributed by atoms with van der Waals surface area (Å²) < 4.78 is 5.12. The fraction of sp³-hybridized carbons (Fsp3) is 0.438. The third kappa shape index (κ3) is 3.10. The van der Waals surface area contributed by atoms with Crippen LogP contribution in [0, 0.1) is 13.8 Å². The first-order valence-corrected chi connectivity index (χ1v) is 7.49. The van der Waals surface area contributed by atoms with Gasteiger partial charge in [-0.05, 0) is 32.4 Å². The SMILES string of the molecule is Cc1noc(C)c1CC(=O)N1CC[C@@H](Nc2cccnc2)C1. The number of hydrogen-bond acceptors (Lipinski definition) is 5. The monoisotopic (exact) mass is 300 g/mol.